The van der Waals surface area contributed by atoms with Crippen LogP contribution in [-0.4, -0.2) is 60.1 Å². The Morgan fingerprint density at radius 2 is 1.72 bits per heavy atom. The van der Waals surface area contributed by atoms with E-state index in [1.165, 1.54) is 25.7 Å². The van der Waals surface area contributed by atoms with E-state index in [1.807, 2.05) is 0 Å². The molecule has 0 amide bonds. The molecule has 0 spiro atoms. The second-order valence-electron chi connectivity index (χ2n) is 5.40. The van der Waals surface area contributed by atoms with Gasteiger partial charge in [0.15, 0.2) is 0 Å². The first-order valence-electron chi connectivity index (χ1n) is 7.30. The van der Waals surface area contributed by atoms with E-state index >= 15 is 0 Å². The molecule has 1 unspecified atom stereocenters. The lowest BCUT2D eigenvalue weighted by atomic mass is 10.0. The van der Waals surface area contributed by atoms with E-state index in [1.54, 1.807) is 0 Å². The van der Waals surface area contributed by atoms with Crippen molar-refractivity contribution in [3.8, 4) is 0 Å². The summed E-state index contributed by atoms with van der Waals surface area (Å²) in [5, 5.41) is 9.34. The molecule has 1 heterocycles. The number of carboxylic acid groups (broad SMARTS) is 1. The smallest absolute Gasteiger partial charge is 0.320 e. The lowest BCUT2D eigenvalue weighted by Gasteiger charge is -2.36. The fourth-order valence-electron chi connectivity index (χ4n) is 2.54. The number of hydrogen-bond acceptors (Lipinski definition) is 3. The minimum Gasteiger partial charge on any atom is -0.480 e. The molecule has 4 nitrogen and oxygen atoms in total. The van der Waals surface area contributed by atoms with E-state index in [4.69, 9.17) is 0 Å². The molecule has 1 N–H and O–H groups in total. The van der Waals surface area contributed by atoms with Crippen LogP contribution in [0.2, 0.25) is 0 Å². The fraction of sp³-hybridized carbons (Fsp3) is 0.929. The molecular weight excluding hydrogens is 228 g/mol. The number of carbonyl (C=O) groups is 1. The molecule has 1 fully saturated rings. The Hall–Kier alpha value is -0.610. The van der Waals surface area contributed by atoms with E-state index in [0.29, 0.717) is 0 Å². The van der Waals surface area contributed by atoms with Crippen LogP contribution in [0, 0.1) is 0 Å². The van der Waals surface area contributed by atoms with Crippen LogP contribution < -0.4 is 0 Å². The van der Waals surface area contributed by atoms with Gasteiger partial charge in [-0.2, -0.15) is 0 Å². The van der Waals surface area contributed by atoms with Crippen molar-refractivity contribution in [3.63, 3.8) is 0 Å². The van der Waals surface area contributed by atoms with Crippen LogP contribution in [-0.2, 0) is 4.79 Å². The molecule has 1 saturated heterocycles. The van der Waals surface area contributed by atoms with E-state index in [-0.39, 0.29) is 6.04 Å². The average Bonchev–Trinajstić information content (AvgIpc) is 2.35. The van der Waals surface area contributed by atoms with Gasteiger partial charge >= 0.3 is 5.97 Å². The number of unbranched alkanes of at least 4 members (excludes halogenated alkanes) is 4. The zero-order valence-corrected chi connectivity index (χ0v) is 11.9. The summed E-state index contributed by atoms with van der Waals surface area (Å²) >= 11 is 0. The van der Waals surface area contributed by atoms with Gasteiger partial charge in [-0.3, -0.25) is 9.69 Å². The van der Waals surface area contributed by atoms with Crippen molar-refractivity contribution in [2.45, 2.75) is 51.5 Å². The lowest BCUT2D eigenvalue weighted by Crippen LogP contribution is -2.51. The molecule has 1 aliphatic heterocycles. The first-order chi connectivity index (χ1) is 8.65. The van der Waals surface area contributed by atoms with Crippen LogP contribution in [0.15, 0.2) is 0 Å². The maximum absolute atomic E-state index is 11.3. The summed E-state index contributed by atoms with van der Waals surface area (Å²) in [7, 11) is 2.10. The third-order valence-corrected chi connectivity index (χ3v) is 3.84. The monoisotopic (exact) mass is 256 g/mol. The maximum atomic E-state index is 11.3. The highest BCUT2D eigenvalue weighted by Crippen LogP contribution is 2.14. The van der Waals surface area contributed by atoms with Crippen molar-refractivity contribution in [1.29, 1.82) is 0 Å². The van der Waals surface area contributed by atoms with Crippen LogP contribution >= 0.6 is 0 Å². The molecule has 0 radical (unpaired) electrons. The van der Waals surface area contributed by atoms with Crippen molar-refractivity contribution < 1.29 is 9.90 Å². The summed E-state index contributed by atoms with van der Waals surface area (Å²) in [5.41, 5.74) is 0. The second-order valence-corrected chi connectivity index (χ2v) is 5.40. The molecule has 1 rings (SSSR count). The molecule has 0 aliphatic carbocycles. The van der Waals surface area contributed by atoms with Gasteiger partial charge < -0.3 is 10.0 Å². The number of likely N-dealkylation sites (N-methyl/N-ethyl adjacent to an activating group) is 1. The Bertz CT molecular complexity index is 238. The van der Waals surface area contributed by atoms with Gasteiger partial charge in [-0.15, -0.1) is 0 Å². The minimum atomic E-state index is -0.643. The normalized spacial score (nSPS) is 19.9. The highest BCUT2D eigenvalue weighted by molar-refractivity contribution is 5.73. The van der Waals surface area contributed by atoms with Crippen molar-refractivity contribution >= 4 is 5.97 Å². The number of rotatable bonds is 8. The predicted molar refractivity (Wildman–Crippen MR) is 73.9 cm³/mol. The zero-order chi connectivity index (χ0) is 13.4. The topological polar surface area (TPSA) is 43.8 Å². The number of carboxylic acids is 1. The SMILES string of the molecule is CCCCCCCC(C(=O)O)N1CCN(C)CC1. The third-order valence-electron chi connectivity index (χ3n) is 3.84. The molecule has 18 heavy (non-hydrogen) atoms. The van der Waals surface area contributed by atoms with Crippen LogP contribution in [0.4, 0.5) is 0 Å². The molecule has 1 atom stereocenters. The highest BCUT2D eigenvalue weighted by atomic mass is 16.4. The Labute approximate surface area is 111 Å². The van der Waals surface area contributed by atoms with Gasteiger partial charge in [-0.05, 0) is 13.5 Å². The lowest BCUT2D eigenvalue weighted by molar-refractivity contribution is -0.144. The summed E-state index contributed by atoms with van der Waals surface area (Å²) < 4.78 is 0. The molecule has 1 aliphatic rings. The molecule has 106 valence electrons. The van der Waals surface area contributed by atoms with Crippen LogP contribution in [0.25, 0.3) is 0 Å². The van der Waals surface area contributed by atoms with Crippen molar-refractivity contribution in [1.82, 2.24) is 9.80 Å². The first-order valence-corrected chi connectivity index (χ1v) is 7.30. The summed E-state index contributed by atoms with van der Waals surface area (Å²) in [4.78, 5) is 15.7. The molecule has 0 aromatic rings. The van der Waals surface area contributed by atoms with Gasteiger partial charge in [0.1, 0.15) is 6.04 Å². The first kappa shape index (κ1) is 15.4. The standard InChI is InChI=1S/C14H28N2O2/c1-3-4-5-6-7-8-13(14(17)18)16-11-9-15(2)10-12-16/h13H,3-12H2,1-2H3,(H,17,18). The molecule has 0 bridgehead atoms. The number of hydrogen-bond donors (Lipinski definition) is 1. The maximum Gasteiger partial charge on any atom is 0.320 e. The zero-order valence-electron chi connectivity index (χ0n) is 11.9. The van der Waals surface area contributed by atoms with Crippen LogP contribution in [0.5, 0.6) is 0 Å². The highest BCUT2D eigenvalue weighted by Gasteiger charge is 2.27. The second kappa shape index (κ2) is 8.48. The van der Waals surface area contributed by atoms with E-state index in [9.17, 15) is 9.90 Å². The number of aliphatic carboxylic acids is 1. The Morgan fingerprint density at radius 3 is 2.28 bits per heavy atom. The minimum absolute atomic E-state index is 0.264. The Morgan fingerprint density at radius 1 is 1.11 bits per heavy atom. The fourth-order valence-corrected chi connectivity index (χ4v) is 2.54. The van der Waals surface area contributed by atoms with E-state index < -0.39 is 5.97 Å². The van der Waals surface area contributed by atoms with E-state index in [0.717, 1.165) is 39.0 Å². The average molecular weight is 256 g/mol. The third kappa shape index (κ3) is 5.36. The Kier molecular flexibility index (Phi) is 7.28. The Balaban J connectivity index is 2.28. The van der Waals surface area contributed by atoms with E-state index in [2.05, 4.69) is 23.8 Å². The molecule has 0 aromatic carbocycles. The van der Waals surface area contributed by atoms with Crippen molar-refractivity contribution in [2.24, 2.45) is 0 Å². The largest absolute Gasteiger partial charge is 0.480 e. The number of nitrogens with zero attached hydrogens (tertiary/aromatic N) is 2. The molecular formula is C14H28N2O2. The summed E-state index contributed by atoms with van der Waals surface area (Å²) in [5.74, 6) is -0.643. The summed E-state index contributed by atoms with van der Waals surface area (Å²) in [6.45, 7) is 5.95. The van der Waals surface area contributed by atoms with Gasteiger partial charge in [-0.1, -0.05) is 39.0 Å². The van der Waals surface area contributed by atoms with Gasteiger partial charge in [0.05, 0.1) is 0 Å². The van der Waals surface area contributed by atoms with Gasteiger partial charge in [-0.25, -0.2) is 0 Å². The summed E-state index contributed by atoms with van der Waals surface area (Å²) in [6, 6.07) is -0.264. The molecule has 0 aromatic heterocycles. The predicted octanol–water partition coefficient (Wildman–Crippen LogP) is 2.05. The quantitative estimate of drug-likeness (QED) is 0.675. The summed E-state index contributed by atoms with van der Waals surface area (Å²) in [6.07, 6.45) is 6.77. The van der Waals surface area contributed by atoms with Crippen molar-refractivity contribution in [2.75, 3.05) is 33.2 Å². The molecule has 4 heteroatoms. The van der Waals surface area contributed by atoms with Crippen LogP contribution in [0.3, 0.4) is 0 Å². The van der Waals surface area contributed by atoms with Crippen molar-refractivity contribution in [3.05, 3.63) is 0 Å². The van der Waals surface area contributed by atoms with Crippen LogP contribution in [0.1, 0.15) is 45.4 Å². The van der Waals surface area contributed by atoms with Gasteiger partial charge in [0.2, 0.25) is 0 Å². The van der Waals surface area contributed by atoms with Gasteiger partial charge in [0.25, 0.3) is 0 Å². The van der Waals surface area contributed by atoms with Gasteiger partial charge in [0, 0.05) is 26.2 Å². The number of piperazine rings is 1. The molecule has 0 saturated carbocycles.